The number of aromatic nitrogens is 1. The van der Waals surface area contributed by atoms with E-state index in [1.807, 2.05) is 30.3 Å². The average Bonchev–Trinajstić information content (AvgIpc) is 3.41. The minimum atomic E-state index is -3.38. The summed E-state index contributed by atoms with van der Waals surface area (Å²) < 4.78 is 31.4. The van der Waals surface area contributed by atoms with Gasteiger partial charge in [0.2, 0.25) is 0 Å². The molecule has 0 saturated carbocycles. The molecule has 3 aromatic rings. The van der Waals surface area contributed by atoms with Gasteiger partial charge in [0, 0.05) is 28.9 Å². The fourth-order valence-electron chi connectivity index (χ4n) is 4.43. The molecule has 4 rings (SSSR count). The Kier molecular flexibility index (Phi) is 5.30. The second-order valence-corrected chi connectivity index (χ2v) is 9.81. The minimum Gasteiger partial charge on any atom is -0.495 e. The van der Waals surface area contributed by atoms with E-state index in [-0.39, 0.29) is 5.75 Å². The molecule has 2 aromatic carbocycles. The first-order chi connectivity index (χ1) is 14.0. The number of sulfone groups is 1. The maximum Gasteiger partial charge on any atom is 0.178 e. The maximum atomic E-state index is 12.8. The fourth-order valence-corrected chi connectivity index (χ4v) is 5.56. The van der Waals surface area contributed by atoms with Crippen LogP contribution in [0.25, 0.3) is 22.0 Å². The Morgan fingerprint density at radius 1 is 1.14 bits per heavy atom. The predicted octanol–water partition coefficient (Wildman–Crippen LogP) is 5.02. The van der Waals surface area contributed by atoms with Gasteiger partial charge in [0.05, 0.1) is 23.5 Å². The number of aromatic amines is 1. The van der Waals surface area contributed by atoms with Crippen LogP contribution in [0.2, 0.25) is 0 Å². The van der Waals surface area contributed by atoms with Crippen LogP contribution < -0.4 is 9.64 Å². The van der Waals surface area contributed by atoms with Crippen LogP contribution in [0.5, 0.6) is 5.75 Å². The van der Waals surface area contributed by atoms with Crippen molar-refractivity contribution in [3.63, 3.8) is 0 Å². The van der Waals surface area contributed by atoms with E-state index in [0.717, 1.165) is 35.4 Å². The number of H-pyrrole nitrogens is 1. The molecule has 1 saturated heterocycles. The molecule has 1 N–H and O–H groups in total. The standard InChI is InChI=1S/C23H28N2O3S/c1-4-16-9-8-14-25(16)22-13-12-20(24-22)19-15-21(29(26,27)5-2)17-10-6-7-11-18(17)23(19)28-3/h6-7,10-13,15-16,24H,4-5,8-9,14H2,1-3H3. The fraction of sp³-hybridized carbons (Fsp3) is 0.391. The van der Waals surface area contributed by atoms with Gasteiger partial charge >= 0.3 is 0 Å². The smallest absolute Gasteiger partial charge is 0.178 e. The Hall–Kier alpha value is -2.47. The van der Waals surface area contributed by atoms with Crippen molar-refractivity contribution < 1.29 is 13.2 Å². The molecule has 1 aromatic heterocycles. The third-order valence-corrected chi connectivity index (χ3v) is 7.76. The van der Waals surface area contributed by atoms with Crippen LogP contribution in [0.3, 0.4) is 0 Å². The first-order valence-corrected chi connectivity index (χ1v) is 11.9. The normalized spacial score (nSPS) is 17.2. The van der Waals surface area contributed by atoms with Crippen LogP contribution in [-0.4, -0.2) is 38.9 Å². The van der Waals surface area contributed by atoms with Crippen molar-refractivity contribution in [3.05, 3.63) is 42.5 Å². The number of hydrogen-bond donors (Lipinski definition) is 1. The lowest BCUT2D eigenvalue weighted by Crippen LogP contribution is -2.28. The lowest BCUT2D eigenvalue weighted by Gasteiger charge is -2.24. The first-order valence-electron chi connectivity index (χ1n) is 10.3. The number of fused-ring (bicyclic) bond motifs is 1. The van der Waals surface area contributed by atoms with E-state index in [2.05, 4.69) is 22.9 Å². The summed E-state index contributed by atoms with van der Waals surface area (Å²) in [6, 6.07) is 14.0. The first kappa shape index (κ1) is 19.8. The second-order valence-electron chi connectivity index (χ2n) is 7.56. The van der Waals surface area contributed by atoms with Crippen LogP contribution >= 0.6 is 0 Å². The lowest BCUT2D eigenvalue weighted by atomic mass is 10.0. The van der Waals surface area contributed by atoms with E-state index in [9.17, 15) is 8.42 Å². The van der Waals surface area contributed by atoms with E-state index in [4.69, 9.17) is 4.74 Å². The van der Waals surface area contributed by atoms with E-state index in [0.29, 0.717) is 22.1 Å². The van der Waals surface area contributed by atoms with Crippen molar-refractivity contribution in [1.29, 1.82) is 0 Å². The summed E-state index contributed by atoms with van der Waals surface area (Å²) in [7, 11) is -1.75. The van der Waals surface area contributed by atoms with Gasteiger partial charge in [-0.3, -0.25) is 0 Å². The van der Waals surface area contributed by atoms with Gasteiger partial charge in [-0.15, -0.1) is 0 Å². The number of anilines is 1. The Bertz CT molecular complexity index is 1130. The lowest BCUT2D eigenvalue weighted by molar-refractivity contribution is 0.421. The Morgan fingerprint density at radius 3 is 2.59 bits per heavy atom. The molecule has 0 bridgehead atoms. The van der Waals surface area contributed by atoms with Crippen LogP contribution in [-0.2, 0) is 9.84 Å². The molecule has 6 heteroatoms. The van der Waals surface area contributed by atoms with Gasteiger partial charge in [0.25, 0.3) is 0 Å². The van der Waals surface area contributed by atoms with Crippen LogP contribution in [0.15, 0.2) is 47.4 Å². The van der Waals surface area contributed by atoms with Crippen LogP contribution in [0.4, 0.5) is 5.82 Å². The Balaban J connectivity index is 1.90. The molecule has 0 aliphatic carbocycles. The van der Waals surface area contributed by atoms with Crippen LogP contribution in [0, 0.1) is 0 Å². The summed E-state index contributed by atoms with van der Waals surface area (Å²) in [5.74, 6) is 1.84. The van der Waals surface area contributed by atoms with E-state index >= 15 is 0 Å². The van der Waals surface area contributed by atoms with Crippen molar-refractivity contribution in [2.45, 2.75) is 44.0 Å². The molecule has 5 nitrogen and oxygen atoms in total. The molecular formula is C23H28N2O3S. The van der Waals surface area contributed by atoms with Gasteiger partial charge in [-0.2, -0.15) is 0 Å². The van der Waals surface area contributed by atoms with Gasteiger partial charge in [-0.25, -0.2) is 8.42 Å². The monoisotopic (exact) mass is 412 g/mol. The number of rotatable bonds is 6. The Morgan fingerprint density at radius 2 is 1.90 bits per heavy atom. The highest BCUT2D eigenvalue weighted by atomic mass is 32.2. The SMILES string of the molecule is CCC1CCCN1c1ccc(-c2cc(S(=O)(=O)CC)c3ccccc3c2OC)[nH]1. The highest BCUT2D eigenvalue weighted by Gasteiger charge is 2.26. The molecule has 1 fully saturated rings. The predicted molar refractivity (Wildman–Crippen MR) is 119 cm³/mol. The molecule has 0 amide bonds. The molecule has 0 spiro atoms. The molecule has 2 heterocycles. The van der Waals surface area contributed by atoms with E-state index < -0.39 is 9.84 Å². The molecule has 1 atom stereocenters. The summed E-state index contributed by atoms with van der Waals surface area (Å²) in [4.78, 5) is 6.30. The van der Waals surface area contributed by atoms with Crippen LogP contribution in [0.1, 0.15) is 33.1 Å². The summed E-state index contributed by atoms with van der Waals surface area (Å²) in [6.07, 6.45) is 3.53. The van der Waals surface area contributed by atoms with Crippen molar-refractivity contribution in [1.82, 2.24) is 4.98 Å². The summed E-state index contributed by atoms with van der Waals surface area (Å²) in [6.45, 7) is 4.95. The molecule has 29 heavy (non-hydrogen) atoms. The van der Waals surface area contributed by atoms with E-state index in [1.165, 1.54) is 12.8 Å². The zero-order chi connectivity index (χ0) is 20.6. The minimum absolute atomic E-state index is 0.0602. The van der Waals surface area contributed by atoms with Gasteiger partial charge in [-0.1, -0.05) is 38.1 Å². The zero-order valence-electron chi connectivity index (χ0n) is 17.2. The second kappa shape index (κ2) is 7.75. The van der Waals surface area contributed by atoms with Gasteiger partial charge in [-0.05, 0) is 37.5 Å². The third-order valence-electron chi connectivity index (χ3n) is 6.00. The quantitative estimate of drug-likeness (QED) is 0.618. The third kappa shape index (κ3) is 3.39. The van der Waals surface area contributed by atoms with Crippen molar-refractivity contribution in [2.75, 3.05) is 24.3 Å². The number of hydrogen-bond acceptors (Lipinski definition) is 4. The number of nitrogens with one attached hydrogen (secondary N) is 1. The largest absolute Gasteiger partial charge is 0.495 e. The topological polar surface area (TPSA) is 62.4 Å². The number of nitrogens with zero attached hydrogens (tertiary/aromatic N) is 1. The number of ether oxygens (including phenoxy) is 1. The van der Waals surface area contributed by atoms with Gasteiger partial charge in [0.15, 0.2) is 9.84 Å². The molecule has 154 valence electrons. The maximum absolute atomic E-state index is 12.8. The van der Waals surface area contributed by atoms with Gasteiger partial charge in [0.1, 0.15) is 11.6 Å². The highest BCUT2D eigenvalue weighted by molar-refractivity contribution is 7.91. The molecule has 1 aliphatic rings. The number of methoxy groups -OCH3 is 1. The molecule has 1 aliphatic heterocycles. The van der Waals surface area contributed by atoms with E-state index in [1.54, 1.807) is 20.1 Å². The molecule has 1 unspecified atom stereocenters. The summed E-state index contributed by atoms with van der Waals surface area (Å²) in [5, 5.41) is 1.51. The van der Waals surface area contributed by atoms with Crippen molar-refractivity contribution >= 4 is 26.4 Å². The highest BCUT2D eigenvalue weighted by Crippen LogP contribution is 2.41. The molecular weight excluding hydrogens is 384 g/mol. The Labute approximate surface area is 172 Å². The van der Waals surface area contributed by atoms with Gasteiger partial charge < -0.3 is 14.6 Å². The summed E-state index contributed by atoms with van der Waals surface area (Å²) in [5.41, 5.74) is 1.65. The van der Waals surface area contributed by atoms with Crippen molar-refractivity contribution in [3.8, 4) is 17.0 Å². The summed E-state index contributed by atoms with van der Waals surface area (Å²) >= 11 is 0. The number of benzene rings is 2. The zero-order valence-corrected chi connectivity index (χ0v) is 18.1. The average molecular weight is 413 g/mol. The van der Waals surface area contributed by atoms with Crippen molar-refractivity contribution in [2.24, 2.45) is 0 Å². The molecule has 0 radical (unpaired) electrons.